The molecule has 5 nitrogen and oxygen atoms in total. The molecule has 0 aliphatic heterocycles. The highest BCUT2D eigenvalue weighted by atomic mass is 16.5. The smallest absolute Gasteiger partial charge is 0.319 e. The third-order valence-electron chi connectivity index (χ3n) is 3.54. The first-order valence-electron chi connectivity index (χ1n) is 7.57. The zero-order chi connectivity index (χ0) is 15.2. The Morgan fingerprint density at radius 2 is 2.00 bits per heavy atom. The third-order valence-corrected chi connectivity index (χ3v) is 3.54. The lowest BCUT2D eigenvalue weighted by molar-refractivity contribution is 0.0955. The van der Waals surface area contributed by atoms with Crippen LogP contribution in [0.5, 0.6) is 5.75 Å². The summed E-state index contributed by atoms with van der Waals surface area (Å²) in [5, 5.41) is 15.5. The molecule has 2 atom stereocenters. The molecule has 1 saturated carbocycles. The van der Waals surface area contributed by atoms with Gasteiger partial charge in [-0.05, 0) is 38.8 Å². The molecule has 3 N–H and O–H groups in total. The van der Waals surface area contributed by atoms with E-state index in [2.05, 4.69) is 10.6 Å². The number of aliphatic hydroxyl groups excluding tert-OH is 1. The summed E-state index contributed by atoms with van der Waals surface area (Å²) in [6, 6.07) is 6.86. The van der Waals surface area contributed by atoms with Crippen molar-refractivity contribution in [2.75, 3.05) is 5.32 Å². The second-order valence-corrected chi connectivity index (χ2v) is 5.72. The van der Waals surface area contributed by atoms with Crippen molar-refractivity contribution in [3.8, 4) is 5.75 Å². The Morgan fingerprint density at radius 3 is 2.71 bits per heavy atom. The minimum Gasteiger partial charge on any atom is -0.489 e. The van der Waals surface area contributed by atoms with Crippen molar-refractivity contribution in [2.24, 2.45) is 0 Å². The highest BCUT2D eigenvalue weighted by molar-refractivity contribution is 5.91. The van der Waals surface area contributed by atoms with E-state index < -0.39 is 6.10 Å². The van der Waals surface area contributed by atoms with Crippen LogP contribution in [0, 0.1) is 0 Å². The number of hydrogen-bond donors (Lipinski definition) is 3. The largest absolute Gasteiger partial charge is 0.489 e. The van der Waals surface area contributed by atoms with Gasteiger partial charge in [-0.3, -0.25) is 0 Å². The average Bonchev–Trinajstić information content (AvgIpc) is 2.43. The van der Waals surface area contributed by atoms with Gasteiger partial charge >= 0.3 is 6.03 Å². The number of hydrogen-bond acceptors (Lipinski definition) is 3. The number of carbonyl (C=O) groups is 1. The summed E-state index contributed by atoms with van der Waals surface area (Å²) < 4.78 is 5.67. The van der Waals surface area contributed by atoms with Gasteiger partial charge in [-0.2, -0.15) is 0 Å². The summed E-state index contributed by atoms with van der Waals surface area (Å²) in [5.41, 5.74) is 0.633. The molecular weight excluding hydrogens is 268 g/mol. The Bertz CT molecular complexity index is 476. The molecule has 1 aromatic rings. The van der Waals surface area contributed by atoms with Crippen LogP contribution in [0.3, 0.4) is 0 Å². The van der Waals surface area contributed by atoms with E-state index in [4.69, 9.17) is 4.74 Å². The molecule has 1 aliphatic carbocycles. The third kappa shape index (κ3) is 4.63. The maximum atomic E-state index is 12.1. The minimum absolute atomic E-state index is 0.0381. The fourth-order valence-corrected chi connectivity index (χ4v) is 2.53. The molecule has 2 amide bonds. The van der Waals surface area contributed by atoms with Crippen molar-refractivity contribution in [3.05, 3.63) is 24.3 Å². The highest BCUT2D eigenvalue weighted by Gasteiger charge is 2.24. The van der Waals surface area contributed by atoms with Crippen LogP contribution in [0.25, 0.3) is 0 Å². The highest BCUT2D eigenvalue weighted by Crippen LogP contribution is 2.25. The van der Waals surface area contributed by atoms with Crippen LogP contribution >= 0.6 is 0 Å². The summed E-state index contributed by atoms with van der Waals surface area (Å²) in [7, 11) is 0. The molecule has 0 saturated heterocycles. The predicted octanol–water partition coefficient (Wildman–Crippen LogP) is 2.90. The summed E-state index contributed by atoms with van der Waals surface area (Å²) in [6.07, 6.45) is 3.21. The van der Waals surface area contributed by atoms with Gasteiger partial charge in [-0.25, -0.2) is 4.79 Å². The van der Waals surface area contributed by atoms with Gasteiger partial charge in [0.15, 0.2) is 0 Å². The van der Waals surface area contributed by atoms with Crippen LogP contribution in [0.1, 0.15) is 39.5 Å². The van der Waals surface area contributed by atoms with Crippen molar-refractivity contribution in [3.63, 3.8) is 0 Å². The lowest BCUT2D eigenvalue weighted by atomic mass is 9.93. The molecule has 116 valence electrons. The van der Waals surface area contributed by atoms with Gasteiger partial charge in [-0.15, -0.1) is 0 Å². The van der Waals surface area contributed by atoms with Crippen LogP contribution in [0.15, 0.2) is 24.3 Å². The van der Waals surface area contributed by atoms with Gasteiger partial charge in [0.25, 0.3) is 0 Å². The molecule has 0 spiro atoms. The number of urea groups is 1. The Hall–Kier alpha value is -1.75. The van der Waals surface area contributed by atoms with Gasteiger partial charge in [-0.1, -0.05) is 25.0 Å². The van der Waals surface area contributed by atoms with E-state index in [1.54, 1.807) is 6.07 Å². The van der Waals surface area contributed by atoms with Gasteiger partial charge in [0, 0.05) is 0 Å². The second kappa shape index (κ2) is 7.31. The molecule has 0 heterocycles. The van der Waals surface area contributed by atoms with Gasteiger partial charge in [0.2, 0.25) is 0 Å². The first-order valence-corrected chi connectivity index (χ1v) is 7.57. The zero-order valence-corrected chi connectivity index (χ0v) is 12.6. The molecule has 0 bridgehead atoms. The van der Waals surface area contributed by atoms with E-state index in [0.717, 1.165) is 25.7 Å². The molecule has 1 aliphatic rings. The van der Waals surface area contributed by atoms with Crippen molar-refractivity contribution < 1.29 is 14.6 Å². The number of rotatable bonds is 4. The lowest BCUT2D eigenvalue weighted by Crippen LogP contribution is -2.46. The monoisotopic (exact) mass is 292 g/mol. The van der Waals surface area contributed by atoms with Crippen LogP contribution in [0.4, 0.5) is 10.5 Å². The fraction of sp³-hybridized carbons (Fsp3) is 0.562. The number of aliphatic hydroxyl groups is 1. The van der Waals surface area contributed by atoms with E-state index >= 15 is 0 Å². The zero-order valence-electron chi connectivity index (χ0n) is 12.6. The van der Waals surface area contributed by atoms with Gasteiger partial charge < -0.3 is 20.5 Å². The maximum Gasteiger partial charge on any atom is 0.319 e. The lowest BCUT2D eigenvalue weighted by Gasteiger charge is -2.28. The van der Waals surface area contributed by atoms with Crippen LogP contribution < -0.4 is 15.4 Å². The number of para-hydroxylation sites is 2. The molecule has 2 rings (SSSR count). The summed E-state index contributed by atoms with van der Waals surface area (Å²) >= 11 is 0. The fourth-order valence-electron chi connectivity index (χ4n) is 2.53. The maximum absolute atomic E-state index is 12.1. The number of ether oxygens (including phenoxy) is 1. The summed E-state index contributed by atoms with van der Waals surface area (Å²) in [6.45, 7) is 3.88. The average molecular weight is 292 g/mol. The number of nitrogens with one attached hydrogen (secondary N) is 2. The molecule has 21 heavy (non-hydrogen) atoms. The standard InChI is InChI=1S/C16H24N2O3/c1-11(2)21-15-10-6-4-8-13(15)18-16(20)17-12-7-3-5-9-14(12)19/h4,6,8,10-12,14,19H,3,5,7,9H2,1-2H3,(H2,17,18,20). The molecular formula is C16H24N2O3. The first kappa shape index (κ1) is 15.6. The van der Waals surface area contributed by atoms with E-state index in [0.29, 0.717) is 11.4 Å². The van der Waals surface area contributed by atoms with Gasteiger partial charge in [0.1, 0.15) is 5.75 Å². The van der Waals surface area contributed by atoms with Crippen molar-refractivity contribution in [2.45, 2.75) is 57.8 Å². The van der Waals surface area contributed by atoms with Crippen molar-refractivity contribution in [1.29, 1.82) is 0 Å². The molecule has 5 heteroatoms. The van der Waals surface area contributed by atoms with E-state index in [1.165, 1.54) is 0 Å². The van der Waals surface area contributed by atoms with Crippen LogP contribution in [-0.2, 0) is 0 Å². The van der Waals surface area contributed by atoms with Crippen LogP contribution in [-0.4, -0.2) is 29.4 Å². The SMILES string of the molecule is CC(C)Oc1ccccc1NC(=O)NC1CCCCC1O. The predicted molar refractivity (Wildman–Crippen MR) is 82.6 cm³/mol. The number of carbonyl (C=O) groups excluding carboxylic acids is 1. The molecule has 0 radical (unpaired) electrons. The molecule has 0 aromatic heterocycles. The number of anilines is 1. The van der Waals surface area contributed by atoms with E-state index in [9.17, 15) is 9.90 Å². The van der Waals surface area contributed by atoms with Crippen molar-refractivity contribution in [1.82, 2.24) is 5.32 Å². The minimum atomic E-state index is -0.452. The second-order valence-electron chi connectivity index (χ2n) is 5.72. The Labute approximate surface area is 125 Å². The Kier molecular flexibility index (Phi) is 5.44. The number of amides is 2. The molecule has 2 unspecified atom stereocenters. The van der Waals surface area contributed by atoms with Gasteiger partial charge in [0.05, 0.1) is 23.9 Å². The Balaban J connectivity index is 1.96. The number of benzene rings is 1. The Morgan fingerprint density at radius 1 is 1.29 bits per heavy atom. The van der Waals surface area contributed by atoms with Crippen molar-refractivity contribution >= 4 is 11.7 Å². The topological polar surface area (TPSA) is 70.6 Å². The summed E-state index contributed by atoms with van der Waals surface area (Å²) in [4.78, 5) is 12.1. The quantitative estimate of drug-likeness (QED) is 0.799. The van der Waals surface area contributed by atoms with E-state index in [1.807, 2.05) is 32.0 Å². The summed E-state index contributed by atoms with van der Waals surface area (Å²) in [5.74, 6) is 0.645. The first-order chi connectivity index (χ1) is 10.1. The molecule has 1 fully saturated rings. The van der Waals surface area contributed by atoms with Crippen LogP contribution in [0.2, 0.25) is 0 Å². The molecule has 1 aromatic carbocycles. The normalized spacial score (nSPS) is 21.9. The van der Waals surface area contributed by atoms with E-state index in [-0.39, 0.29) is 18.2 Å².